The number of rotatable bonds is 3. The van der Waals surface area contributed by atoms with E-state index in [0.717, 1.165) is 5.69 Å². The van der Waals surface area contributed by atoms with Crippen LogP contribution >= 0.6 is 0 Å². The van der Waals surface area contributed by atoms with E-state index in [-0.39, 0.29) is 6.42 Å². The van der Waals surface area contributed by atoms with E-state index < -0.39 is 12.2 Å². The molecule has 2 N–H and O–H groups in total. The summed E-state index contributed by atoms with van der Waals surface area (Å²) >= 11 is 0. The molecule has 0 aliphatic rings. The highest BCUT2D eigenvalue weighted by Gasteiger charge is 2.36. The molecule has 0 bridgehead atoms. The number of hydrogen-bond donors (Lipinski definition) is 1. The molecule has 0 aliphatic heterocycles. The number of nitrogens with zero attached hydrogens (tertiary/aromatic N) is 1. The van der Waals surface area contributed by atoms with E-state index in [2.05, 4.69) is 0 Å². The molecular weight excluding hydrogens is 217 g/mol. The first-order valence-electron chi connectivity index (χ1n) is 4.89. The third-order valence-corrected chi connectivity index (χ3v) is 2.30. The lowest BCUT2D eigenvalue weighted by atomic mass is 10.1. The van der Waals surface area contributed by atoms with Crippen LogP contribution in [0.3, 0.4) is 0 Å². The van der Waals surface area contributed by atoms with Crippen molar-refractivity contribution in [2.75, 3.05) is 19.0 Å². The Hall–Kier alpha value is -1.23. The lowest BCUT2D eigenvalue weighted by Gasteiger charge is -2.17. The van der Waals surface area contributed by atoms with Crippen LogP contribution in [0.4, 0.5) is 18.9 Å². The summed E-state index contributed by atoms with van der Waals surface area (Å²) in [5.74, 6) is 0. The zero-order valence-corrected chi connectivity index (χ0v) is 9.25. The van der Waals surface area contributed by atoms with Crippen LogP contribution < -0.4 is 10.6 Å². The number of anilines is 1. The number of nitrogens with two attached hydrogens (primary N) is 1. The minimum Gasteiger partial charge on any atom is -0.378 e. The average molecular weight is 232 g/mol. The van der Waals surface area contributed by atoms with Crippen LogP contribution in [-0.4, -0.2) is 26.3 Å². The molecular formula is C11H15F3N2. The molecule has 5 heteroatoms. The van der Waals surface area contributed by atoms with E-state index in [9.17, 15) is 13.2 Å². The highest BCUT2D eigenvalue weighted by molar-refractivity contribution is 5.47. The summed E-state index contributed by atoms with van der Waals surface area (Å²) < 4.78 is 36.8. The Morgan fingerprint density at radius 2 is 1.94 bits per heavy atom. The summed E-state index contributed by atoms with van der Waals surface area (Å²) in [6.45, 7) is 0. The van der Waals surface area contributed by atoms with Gasteiger partial charge in [0, 0.05) is 19.8 Å². The molecule has 1 unspecified atom stereocenters. The smallest absolute Gasteiger partial charge is 0.378 e. The fourth-order valence-corrected chi connectivity index (χ4v) is 1.33. The number of halogens is 3. The van der Waals surface area contributed by atoms with Crippen LogP contribution in [0.5, 0.6) is 0 Å². The normalized spacial score (nSPS) is 13.6. The molecule has 90 valence electrons. The minimum atomic E-state index is -4.34. The van der Waals surface area contributed by atoms with Crippen LogP contribution in [0.25, 0.3) is 0 Å². The first kappa shape index (κ1) is 12.8. The Morgan fingerprint density at radius 3 is 2.44 bits per heavy atom. The molecule has 0 radical (unpaired) electrons. The van der Waals surface area contributed by atoms with Crippen LogP contribution in [0.1, 0.15) is 5.56 Å². The molecule has 0 fully saturated rings. The Labute approximate surface area is 92.9 Å². The van der Waals surface area contributed by atoms with Crippen LogP contribution in [-0.2, 0) is 6.42 Å². The van der Waals surface area contributed by atoms with Gasteiger partial charge in [-0.15, -0.1) is 0 Å². The van der Waals surface area contributed by atoms with Gasteiger partial charge < -0.3 is 10.6 Å². The van der Waals surface area contributed by atoms with E-state index in [4.69, 9.17) is 5.73 Å². The second-order valence-electron chi connectivity index (χ2n) is 3.92. The van der Waals surface area contributed by atoms with Gasteiger partial charge in [0.15, 0.2) is 0 Å². The molecule has 0 saturated carbocycles. The van der Waals surface area contributed by atoms with Gasteiger partial charge in [-0.3, -0.25) is 0 Å². The van der Waals surface area contributed by atoms with Gasteiger partial charge in [-0.05, 0) is 24.1 Å². The zero-order valence-electron chi connectivity index (χ0n) is 9.25. The third-order valence-electron chi connectivity index (χ3n) is 2.30. The largest absolute Gasteiger partial charge is 0.403 e. The molecule has 1 rings (SSSR count). The van der Waals surface area contributed by atoms with Crippen molar-refractivity contribution in [3.63, 3.8) is 0 Å². The number of hydrogen-bond acceptors (Lipinski definition) is 2. The van der Waals surface area contributed by atoms with Gasteiger partial charge in [-0.1, -0.05) is 12.1 Å². The fraction of sp³-hybridized carbons (Fsp3) is 0.455. The topological polar surface area (TPSA) is 29.3 Å². The van der Waals surface area contributed by atoms with Crippen molar-refractivity contribution in [3.05, 3.63) is 29.8 Å². The Kier molecular flexibility index (Phi) is 3.80. The average Bonchev–Trinajstić information content (AvgIpc) is 2.16. The van der Waals surface area contributed by atoms with Gasteiger partial charge in [-0.2, -0.15) is 13.2 Å². The molecule has 1 aromatic carbocycles. The van der Waals surface area contributed by atoms with Crippen LogP contribution in [0.15, 0.2) is 24.3 Å². The minimum absolute atomic E-state index is 0.189. The molecule has 0 saturated heterocycles. The Bertz CT molecular complexity index is 347. The van der Waals surface area contributed by atoms with Crippen LogP contribution in [0.2, 0.25) is 0 Å². The van der Waals surface area contributed by atoms with E-state index in [1.54, 1.807) is 18.2 Å². The van der Waals surface area contributed by atoms with Gasteiger partial charge in [0.05, 0.1) is 0 Å². The molecule has 0 aliphatic carbocycles. The van der Waals surface area contributed by atoms with E-state index >= 15 is 0 Å². The van der Waals surface area contributed by atoms with Crippen molar-refractivity contribution >= 4 is 5.69 Å². The van der Waals surface area contributed by atoms with E-state index in [1.807, 2.05) is 25.1 Å². The maximum atomic E-state index is 12.3. The van der Waals surface area contributed by atoms with E-state index in [0.29, 0.717) is 5.56 Å². The third kappa shape index (κ3) is 3.41. The van der Waals surface area contributed by atoms with Crippen molar-refractivity contribution in [1.29, 1.82) is 0 Å². The summed E-state index contributed by atoms with van der Waals surface area (Å²) in [6, 6.07) is 5.13. The predicted molar refractivity (Wildman–Crippen MR) is 58.5 cm³/mol. The molecule has 1 aromatic rings. The van der Waals surface area contributed by atoms with Crippen molar-refractivity contribution in [3.8, 4) is 0 Å². The summed E-state index contributed by atoms with van der Waals surface area (Å²) in [5.41, 5.74) is 6.53. The van der Waals surface area contributed by atoms with Crippen molar-refractivity contribution in [2.45, 2.75) is 18.6 Å². The van der Waals surface area contributed by atoms with Crippen molar-refractivity contribution in [2.24, 2.45) is 5.73 Å². The second-order valence-corrected chi connectivity index (χ2v) is 3.92. The first-order valence-corrected chi connectivity index (χ1v) is 4.89. The summed E-state index contributed by atoms with van der Waals surface area (Å²) in [5, 5.41) is 0. The molecule has 0 heterocycles. The molecule has 0 amide bonds. The van der Waals surface area contributed by atoms with Gasteiger partial charge in [0.2, 0.25) is 0 Å². The maximum absolute atomic E-state index is 12.3. The first-order chi connectivity index (χ1) is 7.30. The number of benzene rings is 1. The SMILES string of the molecule is CN(C)c1cccc(CC(N)C(F)(F)F)c1. The summed E-state index contributed by atoms with van der Waals surface area (Å²) in [4.78, 5) is 1.84. The maximum Gasteiger partial charge on any atom is 0.403 e. The Morgan fingerprint density at radius 1 is 1.31 bits per heavy atom. The second kappa shape index (κ2) is 4.74. The lowest BCUT2D eigenvalue weighted by Crippen LogP contribution is -2.39. The fourth-order valence-electron chi connectivity index (χ4n) is 1.33. The molecule has 1 atom stereocenters. The molecule has 16 heavy (non-hydrogen) atoms. The number of alkyl halides is 3. The van der Waals surface area contributed by atoms with Gasteiger partial charge in [0.25, 0.3) is 0 Å². The highest BCUT2D eigenvalue weighted by Crippen LogP contribution is 2.22. The van der Waals surface area contributed by atoms with Crippen molar-refractivity contribution in [1.82, 2.24) is 0 Å². The van der Waals surface area contributed by atoms with Gasteiger partial charge >= 0.3 is 6.18 Å². The van der Waals surface area contributed by atoms with Gasteiger partial charge in [0.1, 0.15) is 6.04 Å². The molecule has 2 nitrogen and oxygen atoms in total. The Balaban J connectivity index is 2.78. The van der Waals surface area contributed by atoms with E-state index in [1.165, 1.54) is 0 Å². The molecule has 0 spiro atoms. The summed E-state index contributed by atoms with van der Waals surface area (Å²) in [7, 11) is 3.67. The summed E-state index contributed by atoms with van der Waals surface area (Å²) in [6.07, 6.45) is -4.53. The molecule has 0 aromatic heterocycles. The lowest BCUT2D eigenvalue weighted by molar-refractivity contribution is -0.147. The zero-order chi connectivity index (χ0) is 12.3. The van der Waals surface area contributed by atoms with Crippen molar-refractivity contribution < 1.29 is 13.2 Å². The standard InChI is InChI=1S/C11H15F3N2/c1-16(2)9-5-3-4-8(6-9)7-10(15)11(12,13)14/h3-6,10H,7,15H2,1-2H3. The van der Waals surface area contributed by atoms with Gasteiger partial charge in [-0.25, -0.2) is 0 Å². The quantitative estimate of drug-likeness (QED) is 0.865. The predicted octanol–water partition coefficient (Wildman–Crippen LogP) is 2.18. The highest BCUT2D eigenvalue weighted by atomic mass is 19.4. The monoisotopic (exact) mass is 232 g/mol. The van der Waals surface area contributed by atoms with Crippen LogP contribution in [0, 0.1) is 0 Å².